The van der Waals surface area contributed by atoms with Gasteiger partial charge in [0.2, 0.25) is 0 Å². The number of halogens is 2. The third kappa shape index (κ3) is 2.59. The van der Waals surface area contributed by atoms with Crippen molar-refractivity contribution in [3.63, 3.8) is 0 Å². The topological polar surface area (TPSA) is 66.6 Å². The zero-order valence-corrected chi connectivity index (χ0v) is 11.8. The number of rotatable bonds is 2. The number of likely N-dealkylation sites (tertiary alicyclic amines) is 1. The second-order valence-corrected chi connectivity index (χ2v) is 5.35. The predicted molar refractivity (Wildman–Crippen MR) is 72.0 cm³/mol. The van der Waals surface area contributed by atoms with Gasteiger partial charge in [-0.2, -0.15) is 0 Å². The van der Waals surface area contributed by atoms with Crippen molar-refractivity contribution < 1.29 is 23.2 Å². The Balaban J connectivity index is 1.95. The molecule has 1 amide bonds. The predicted octanol–water partition coefficient (Wildman–Crippen LogP) is 2.21. The largest absolute Gasteiger partial charge is 0.391 e. The first-order valence-electron chi connectivity index (χ1n) is 6.83. The van der Waals surface area contributed by atoms with Crippen LogP contribution in [-0.4, -0.2) is 33.7 Å². The number of aromatic nitrogens is 1. The summed E-state index contributed by atoms with van der Waals surface area (Å²) in [5.41, 5.74) is 0.124. The molecule has 1 fully saturated rings. The van der Waals surface area contributed by atoms with Gasteiger partial charge in [-0.15, -0.1) is 0 Å². The van der Waals surface area contributed by atoms with E-state index in [9.17, 15) is 18.7 Å². The zero-order chi connectivity index (χ0) is 15.9. The van der Waals surface area contributed by atoms with Crippen molar-refractivity contribution in [3.8, 4) is 0 Å². The van der Waals surface area contributed by atoms with E-state index in [1.54, 1.807) is 6.92 Å². The van der Waals surface area contributed by atoms with E-state index in [4.69, 9.17) is 4.52 Å². The van der Waals surface area contributed by atoms with Crippen molar-refractivity contribution in [2.75, 3.05) is 6.54 Å². The van der Waals surface area contributed by atoms with E-state index in [0.29, 0.717) is 5.76 Å². The number of hydrogen-bond donors (Lipinski definition) is 1. The fourth-order valence-corrected chi connectivity index (χ4v) is 2.72. The minimum absolute atomic E-state index is 0.0331. The Morgan fingerprint density at radius 2 is 2.18 bits per heavy atom. The first-order valence-corrected chi connectivity index (χ1v) is 6.83. The molecule has 1 aliphatic heterocycles. The molecule has 0 aliphatic carbocycles. The van der Waals surface area contributed by atoms with Crippen molar-refractivity contribution in [2.45, 2.75) is 25.5 Å². The van der Waals surface area contributed by atoms with Crippen molar-refractivity contribution in [1.82, 2.24) is 10.1 Å². The van der Waals surface area contributed by atoms with Crippen LogP contribution in [0.4, 0.5) is 8.78 Å². The number of carbonyl (C=O) groups excluding carboxylic acids is 1. The summed E-state index contributed by atoms with van der Waals surface area (Å²) in [6.45, 7) is 1.68. The summed E-state index contributed by atoms with van der Waals surface area (Å²) < 4.78 is 32.2. The quantitative estimate of drug-likeness (QED) is 0.923. The number of hydrogen-bond acceptors (Lipinski definition) is 4. The Morgan fingerprint density at radius 1 is 1.41 bits per heavy atom. The normalized spacial score (nSPS) is 21.4. The van der Waals surface area contributed by atoms with Gasteiger partial charge < -0.3 is 14.5 Å². The second-order valence-electron chi connectivity index (χ2n) is 5.35. The Hall–Kier alpha value is -2.28. The van der Waals surface area contributed by atoms with Gasteiger partial charge in [0.05, 0.1) is 12.1 Å². The van der Waals surface area contributed by atoms with E-state index in [1.807, 2.05) is 0 Å². The second kappa shape index (κ2) is 5.49. The summed E-state index contributed by atoms with van der Waals surface area (Å²) in [6.07, 6.45) is -0.659. The van der Waals surface area contributed by atoms with Crippen LogP contribution in [0.3, 0.4) is 0 Å². The van der Waals surface area contributed by atoms with Crippen molar-refractivity contribution in [3.05, 3.63) is 52.9 Å². The van der Waals surface area contributed by atoms with Gasteiger partial charge in [-0.05, 0) is 31.5 Å². The third-order valence-electron chi connectivity index (χ3n) is 3.70. The number of aliphatic hydroxyl groups excluding tert-OH is 1. The highest BCUT2D eigenvalue weighted by Gasteiger charge is 2.38. The Bertz CT molecular complexity index is 717. The van der Waals surface area contributed by atoms with Crippen molar-refractivity contribution in [2.24, 2.45) is 0 Å². The summed E-state index contributed by atoms with van der Waals surface area (Å²) in [4.78, 5) is 13.8. The first kappa shape index (κ1) is 14.6. The molecule has 5 nitrogen and oxygen atoms in total. The van der Waals surface area contributed by atoms with E-state index >= 15 is 0 Å². The molecule has 1 aliphatic rings. The van der Waals surface area contributed by atoms with E-state index in [0.717, 1.165) is 18.2 Å². The fraction of sp³-hybridized carbons (Fsp3) is 0.333. The molecule has 1 N–H and O–H groups in total. The number of benzene rings is 1. The van der Waals surface area contributed by atoms with Crippen LogP contribution >= 0.6 is 0 Å². The number of nitrogens with zero attached hydrogens (tertiary/aromatic N) is 2. The summed E-state index contributed by atoms with van der Waals surface area (Å²) in [7, 11) is 0. The van der Waals surface area contributed by atoms with Gasteiger partial charge in [0.15, 0.2) is 5.69 Å². The van der Waals surface area contributed by atoms with Gasteiger partial charge in [-0.3, -0.25) is 4.79 Å². The van der Waals surface area contributed by atoms with Gasteiger partial charge >= 0.3 is 0 Å². The van der Waals surface area contributed by atoms with Crippen molar-refractivity contribution in [1.29, 1.82) is 0 Å². The van der Waals surface area contributed by atoms with E-state index < -0.39 is 29.7 Å². The highest BCUT2D eigenvalue weighted by molar-refractivity contribution is 5.92. The number of amides is 1. The number of aliphatic hydroxyl groups is 1. The van der Waals surface area contributed by atoms with Crippen LogP contribution in [0.2, 0.25) is 0 Å². The molecule has 2 heterocycles. The average molecular weight is 308 g/mol. The Kier molecular flexibility index (Phi) is 3.66. The molecule has 7 heteroatoms. The SMILES string of the molecule is Cc1cc(C(=O)N2C[C@@H](O)C[C@H]2c2cc(F)ccc2F)no1. The molecule has 1 aromatic heterocycles. The minimum atomic E-state index is -0.801. The maximum Gasteiger partial charge on any atom is 0.276 e. The summed E-state index contributed by atoms with van der Waals surface area (Å²) in [6, 6.07) is 3.80. The lowest BCUT2D eigenvalue weighted by Crippen LogP contribution is -2.32. The summed E-state index contributed by atoms with van der Waals surface area (Å²) in [5.74, 6) is -1.23. The molecule has 1 saturated heterocycles. The average Bonchev–Trinajstić information content (AvgIpc) is 3.07. The molecule has 2 atom stereocenters. The molecule has 3 rings (SSSR count). The van der Waals surface area contributed by atoms with Crippen LogP contribution in [0.15, 0.2) is 28.8 Å². The maximum absolute atomic E-state index is 14.0. The molecule has 1 aromatic carbocycles. The Labute approximate surface area is 125 Å². The molecule has 0 saturated carbocycles. The number of β-amino-alcohol motifs (C(OH)–C–C–N with tert-alkyl or cyclic N) is 1. The van der Waals surface area contributed by atoms with Crippen molar-refractivity contribution >= 4 is 5.91 Å². The highest BCUT2D eigenvalue weighted by atomic mass is 19.1. The van der Waals surface area contributed by atoms with Crippen LogP contribution in [0, 0.1) is 18.6 Å². The number of carbonyl (C=O) groups is 1. The molecule has 0 radical (unpaired) electrons. The molecule has 0 unspecified atom stereocenters. The molecule has 0 spiro atoms. The van der Waals surface area contributed by atoms with Crippen LogP contribution in [-0.2, 0) is 0 Å². The summed E-state index contributed by atoms with van der Waals surface area (Å²) >= 11 is 0. The van der Waals surface area contributed by atoms with Crippen LogP contribution in [0.1, 0.15) is 34.3 Å². The lowest BCUT2D eigenvalue weighted by atomic mass is 10.0. The van der Waals surface area contributed by atoms with Gasteiger partial charge in [0, 0.05) is 18.2 Å². The highest BCUT2D eigenvalue weighted by Crippen LogP contribution is 2.35. The molecular formula is C15H14F2N2O3. The van der Waals surface area contributed by atoms with E-state index in [-0.39, 0.29) is 24.2 Å². The first-order chi connectivity index (χ1) is 10.5. The fourth-order valence-electron chi connectivity index (χ4n) is 2.72. The number of aryl methyl sites for hydroxylation is 1. The lowest BCUT2D eigenvalue weighted by Gasteiger charge is -2.24. The van der Waals surface area contributed by atoms with E-state index in [1.165, 1.54) is 11.0 Å². The minimum Gasteiger partial charge on any atom is -0.391 e. The van der Waals surface area contributed by atoms with Crippen LogP contribution in [0.5, 0.6) is 0 Å². The van der Waals surface area contributed by atoms with Gasteiger partial charge in [0.1, 0.15) is 17.4 Å². The third-order valence-corrected chi connectivity index (χ3v) is 3.70. The van der Waals surface area contributed by atoms with Crippen LogP contribution < -0.4 is 0 Å². The maximum atomic E-state index is 14.0. The molecule has 2 aromatic rings. The molecular weight excluding hydrogens is 294 g/mol. The van der Waals surface area contributed by atoms with Gasteiger partial charge in [-0.25, -0.2) is 8.78 Å². The Morgan fingerprint density at radius 3 is 2.86 bits per heavy atom. The molecule has 22 heavy (non-hydrogen) atoms. The van der Waals surface area contributed by atoms with E-state index in [2.05, 4.69) is 5.16 Å². The molecule has 0 bridgehead atoms. The zero-order valence-electron chi connectivity index (χ0n) is 11.8. The smallest absolute Gasteiger partial charge is 0.276 e. The van der Waals surface area contributed by atoms with Gasteiger partial charge in [0.25, 0.3) is 5.91 Å². The van der Waals surface area contributed by atoms with Crippen LogP contribution in [0.25, 0.3) is 0 Å². The molecule has 116 valence electrons. The summed E-state index contributed by atoms with van der Waals surface area (Å²) in [5, 5.41) is 13.5. The standard InChI is InChI=1S/C15H14F2N2O3/c1-8-4-13(18-22-8)15(21)19-7-10(20)6-14(19)11-5-9(16)2-3-12(11)17/h2-5,10,14,20H,6-7H2,1H3/t10-,14-/m0/s1. The lowest BCUT2D eigenvalue weighted by molar-refractivity contribution is 0.0703. The van der Waals surface area contributed by atoms with Gasteiger partial charge in [-0.1, -0.05) is 5.16 Å². The monoisotopic (exact) mass is 308 g/mol.